The lowest BCUT2D eigenvalue weighted by molar-refractivity contribution is 0.101. The molecule has 0 aromatic heterocycles. The van der Waals surface area contributed by atoms with Crippen LogP contribution in [0.2, 0.25) is 0 Å². The highest BCUT2D eigenvalue weighted by molar-refractivity contribution is 8.00. The van der Waals surface area contributed by atoms with Gasteiger partial charge in [0.05, 0.1) is 0 Å². The van der Waals surface area contributed by atoms with Gasteiger partial charge in [-0.2, -0.15) is 11.8 Å². The molecule has 0 radical (unpaired) electrons. The molecule has 1 aliphatic heterocycles. The molecule has 4 heteroatoms. The molecule has 1 saturated heterocycles. The molecule has 0 bridgehead atoms. The van der Waals surface area contributed by atoms with Crippen molar-refractivity contribution in [1.29, 1.82) is 0 Å². The van der Waals surface area contributed by atoms with Gasteiger partial charge in [-0.1, -0.05) is 25.1 Å². The molecular formula is C15H23FN2S. The summed E-state index contributed by atoms with van der Waals surface area (Å²) in [5.74, 6) is 0.896. The van der Waals surface area contributed by atoms with E-state index in [4.69, 9.17) is 5.73 Å². The highest BCUT2D eigenvalue weighted by Crippen LogP contribution is 2.40. The summed E-state index contributed by atoms with van der Waals surface area (Å²) in [6.45, 7) is 4.92. The molecule has 1 aliphatic rings. The van der Waals surface area contributed by atoms with Crippen LogP contribution in [-0.4, -0.2) is 35.0 Å². The number of rotatable bonds is 4. The summed E-state index contributed by atoms with van der Waals surface area (Å²) in [5, 5.41) is 0.624. The summed E-state index contributed by atoms with van der Waals surface area (Å²) in [4.78, 5) is 2.27. The van der Waals surface area contributed by atoms with Crippen LogP contribution in [0.5, 0.6) is 0 Å². The zero-order valence-corrected chi connectivity index (χ0v) is 12.7. The standard InChI is InChI=1S/C15H23FN2S/c1-11-8-15(9-17,10-19-11)18(3)12(2)13-6-4-5-7-14(13)16/h4-7,11-12H,8-10,17H2,1-3H3. The van der Waals surface area contributed by atoms with E-state index in [0.29, 0.717) is 11.8 Å². The number of nitrogens with two attached hydrogens (primary N) is 1. The second-order valence-corrected chi connectivity index (χ2v) is 6.99. The molecule has 1 aromatic rings. The number of thioether (sulfide) groups is 1. The first kappa shape index (κ1) is 14.8. The number of benzene rings is 1. The SMILES string of the molecule is CC1CC(CN)(N(C)C(C)c2ccccc2F)CS1. The van der Waals surface area contributed by atoms with Crippen LogP contribution in [0, 0.1) is 5.82 Å². The van der Waals surface area contributed by atoms with Gasteiger partial charge in [-0.3, -0.25) is 4.90 Å². The molecule has 106 valence electrons. The molecule has 3 atom stereocenters. The van der Waals surface area contributed by atoms with Crippen molar-refractivity contribution >= 4 is 11.8 Å². The van der Waals surface area contributed by atoms with Crippen LogP contribution >= 0.6 is 11.8 Å². The molecule has 19 heavy (non-hydrogen) atoms. The van der Waals surface area contributed by atoms with Crippen molar-refractivity contribution in [2.75, 3.05) is 19.3 Å². The van der Waals surface area contributed by atoms with E-state index in [1.807, 2.05) is 23.9 Å². The third kappa shape index (κ3) is 2.81. The lowest BCUT2D eigenvalue weighted by Gasteiger charge is -2.41. The molecule has 2 N–H and O–H groups in total. The van der Waals surface area contributed by atoms with Gasteiger partial charge in [-0.15, -0.1) is 0 Å². The van der Waals surface area contributed by atoms with Crippen molar-refractivity contribution in [3.63, 3.8) is 0 Å². The van der Waals surface area contributed by atoms with Crippen molar-refractivity contribution in [1.82, 2.24) is 4.90 Å². The van der Waals surface area contributed by atoms with Crippen LogP contribution in [0.4, 0.5) is 4.39 Å². The predicted octanol–water partition coefficient (Wildman–Crippen LogP) is 3.04. The summed E-state index contributed by atoms with van der Waals surface area (Å²) in [5.41, 5.74) is 6.78. The number of likely N-dealkylation sites (N-methyl/N-ethyl adjacent to an activating group) is 1. The third-order valence-corrected chi connectivity index (χ3v) is 5.81. The molecule has 2 nitrogen and oxygen atoms in total. The Kier molecular flexibility index (Phi) is 4.54. The second-order valence-electron chi connectivity index (χ2n) is 5.56. The molecule has 3 unspecified atom stereocenters. The number of hydrogen-bond acceptors (Lipinski definition) is 3. The molecule has 1 fully saturated rings. The minimum atomic E-state index is -0.132. The quantitative estimate of drug-likeness (QED) is 0.920. The van der Waals surface area contributed by atoms with Crippen molar-refractivity contribution in [2.24, 2.45) is 5.73 Å². The summed E-state index contributed by atoms with van der Waals surface area (Å²) >= 11 is 1.96. The van der Waals surface area contributed by atoms with E-state index < -0.39 is 0 Å². The minimum absolute atomic E-state index is 0.00815. The summed E-state index contributed by atoms with van der Waals surface area (Å²) in [6.07, 6.45) is 1.07. The van der Waals surface area contributed by atoms with Crippen LogP contribution in [0.15, 0.2) is 24.3 Å². The van der Waals surface area contributed by atoms with Gasteiger partial charge in [0.1, 0.15) is 5.82 Å². The predicted molar refractivity (Wildman–Crippen MR) is 80.9 cm³/mol. The summed E-state index contributed by atoms with van der Waals surface area (Å²) in [6, 6.07) is 7.06. The van der Waals surface area contributed by atoms with E-state index in [1.54, 1.807) is 6.07 Å². The number of nitrogens with zero attached hydrogens (tertiary/aromatic N) is 1. The Morgan fingerprint density at radius 1 is 1.53 bits per heavy atom. The average molecular weight is 282 g/mol. The largest absolute Gasteiger partial charge is 0.329 e. The third-order valence-electron chi connectivity index (χ3n) is 4.37. The van der Waals surface area contributed by atoms with Crippen molar-refractivity contribution in [3.8, 4) is 0 Å². The second kappa shape index (κ2) is 5.81. The van der Waals surface area contributed by atoms with Crippen molar-refractivity contribution in [2.45, 2.75) is 37.1 Å². The van der Waals surface area contributed by atoms with Crippen molar-refractivity contribution < 1.29 is 4.39 Å². The Labute approximate surface area is 119 Å². The van der Waals surface area contributed by atoms with Crippen LogP contribution < -0.4 is 5.73 Å². The van der Waals surface area contributed by atoms with E-state index in [0.717, 1.165) is 17.7 Å². The zero-order valence-electron chi connectivity index (χ0n) is 11.9. The molecule has 0 spiro atoms. The first-order valence-electron chi connectivity index (χ1n) is 6.79. The maximum atomic E-state index is 13.9. The molecule has 1 aromatic carbocycles. The van der Waals surface area contributed by atoms with Gasteiger partial charge >= 0.3 is 0 Å². The monoisotopic (exact) mass is 282 g/mol. The van der Waals surface area contributed by atoms with E-state index in [9.17, 15) is 4.39 Å². The average Bonchev–Trinajstić information content (AvgIpc) is 2.80. The molecule has 1 heterocycles. The van der Waals surface area contributed by atoms with E-state index in [-0.39, 0.29) is 17.4 Å². The van der Waals surface area contributed by atoms with Gasteiger partial charge in [0.25, 0.3) is 0 Å². The Balaban J connectivity index is 2.23. The van der Waals surface area contributed by atoms with Crippen LogP contribution in [0.1, 0.15) is 31.9 Å². The molecule has 0 saturated carbocycles. The first-order valence-corrected chi connectivity index (χ1v) is 7.84. The van der Waals surface area contributed by atoms with Crippen LogP contribution in [0.3, 0.4) is 0 Å². The number of hydrogen-bond donors (Lipinski definition) is 1. The Hall–Kier alpha value is -0.580. The minimum Gasteiger partial charge on any atom is -0.329 e. The lowest BCUT2D eigenvalue weighted by Crippen LogP contribution is -2.53. The van der Waals surface area contributed by atoms with Gasteiger partial charge in [0.2, 0.25) is 0 Å². The molecule has 0 amide bonds. The topological polar surface area (TPSA) is 29.3 Å². The van der Waals surface area contributed by atoms with Crippen molar-refractivity contribution in [3.05, 3.63) is 35.6 Å². The summed E-state index contributed by atoms with van der Waals surface area (Å²) < 4.78 is 13.9. The fourth-order valence-electron chi connectivity index (χ4n) is 2.92. The van der Waals surface area contributed by atoms with E-state index in [1.165, 1.54) is 6.07 Å². The smallest absolute Gasteiger partial charge is 0.127 e. The van der Waals surface area contributed by atoms with Gasteiger partial charge in [-0.05, 0) is 26.5 Å². The summed E-state index contributed by atoms with van der Waals surface area (Å²) in [7, 11) is 2.07. The van der Waals surface area contributed by atoms with Gasteiger partial charge < -0.3 is 5.73 Å². The Morgan fingerprint density at radius 2 is 2.21 bits per heavy atom. The lowest BCUT2D eigenvalue weighted by atomic mass is 9.91. The Bertz CT molecular complexity index is 440. The molecule has 0 aliphatic carbocycles. The van der Waals surface area contributed by atoms with Gasteiger partial charge in [-0.25, -0.2) is 4.39 Å². The zero-order chi connectivity index (χ0) is 14.0. The van der Waals surface area contributed by atoms with Gasteiger partial charge in [0, 0.05) is 34.7 Å². The Morgan fingerprint density at radius 3 is 2.74 bits per heavy atom. The fraction of sp³-hybridized carbons (Fsp3) is 0.600. The normalized spacial score (nSPS) is 28.8. The van der Waals surface area contributed by atoms with E-state index in [2.05, 4.69) is 25.8 Å². The number of halogens is 1. The molecule has 2 rings (SSSR count). The molecular weight excluding hydrogens is 259 g/mol. The van der Waals surface area contributed by atoms with Crippen LogP contribution in [-0.2, 0) is 0 Å². The highest BCUT2D eigenvalue weighted by Gasteiger charge is 2.42. The maximum Gasteiger partial charge on any atom is 0.127 e. The first-order chi connectivity index (χ1) is 9.00. The fourth-order valence-corrected chi connectivity index (χ4v) is 4.38. The highest BCUT2D eigenvalue weighted by atomic mass is 32.2. The van der Waals surface area contributed by atoms with Crippen LogP contribution in [0.25, 0.3) is 0 Å². The van der Waals surface area contributed by atoms with Gasteiger partial charge in [0.15, 0.2) is 0 Å². The van der Waals surface area contributed by atoms with E-state index >= 15 is 0 Å². The maximum absolute atomic E-state index is 13.9.